The fraction of sp³-hybridized carbons (Fsp3) is 0.636. The molecule has 1 saturated heterocycles. The monoisotopic (exact) mass is 494 g/mol. The van der Waals surface area contributed by atoms with E-state index in [9.17, 15) is 18.4 Å². The number of halogens is 2. The van der Waals surface area contributed by atoms with Gasteiger partial charge in [-0.25, -0.2) is 13.6 Å². The molecule has 35 heavy (non-hydrogen) atoms. The van der Waals surface area contributed by atoms with Crippen molar-refractivity contribution in [1.82, 2.24) is 25.3 Å². The Hall–Kier alpha value is -3.22. The summed E-state index contributed by atoms with van der Waals surface area (Å²) < 4.78 is 42.5. The van der Waals surface area contributed by atoms with Gasteiger partial charge in [-0.1, -0.05) is 0 Å². The molecule has 11 nitrogen and oxygen atoms in total. The normalized spacial score (nSPS) is 26.9. The van der Waals surface area contributed by atoms with E-state index in [1.54, 1.807) is 19.9 Å². The van der Waals surface area contributed by atoms with Gasteiger partial charge in [0.2, 0.25) is 5.88 Å². The summed E-state index contributed by atoms with van der Waals surface area (Å²) >= 11 is 0. The molecule has 2 aromatic heterocycles. The first-order chi connectivity index (χ1) is 16.7. The molecule has 2 aromatic rings. The van der Waals surface area contributed by atoms with Crippen LogP contribution >= 0.6 is 0 Å². The molecule has 0 aromatic carbocycles. The molecule has 13 heteroatoms. The predicted octanol–water partition coefficient (Wildman–Crippen LogP) is 3.19. The standard InChI is InChI=1S/C22H28F2N6O5/c1-11(2)30-15(5-19(29-30)34-10-17(23)24)20(31)25-18-4-14(27-28-18)16-3-13(9-33-16)35-21(32)26-22-6-12(7-22)8-22/h4-5,11-13,16-17H,3,6-10H2,1-2H3,(H,26,32)(H2,25,27,28,31)/t12?,13-,16-,22?/m1/s1. The zero-order valence-electron chi connectivity index (χ0n) is 19.4. The number of nitrogens with one attached hydrogen (secondary N) is 3. The molecule has 1 aliphatic heterocycles. The highest BCUT2D eigenvalue weighted by Gasteiger charge is 2.57. The largest absolute Gasteiger partial charge is 0.471 e. The second kappa shape index (κ2) is 9.10. The van der Waals surface area contributed by atoms with Crippen LogP contribution in [0.4, 0.5) is 19.4 Å². The average Bonchev–Trinajstić information content (AvgIpc) is 3.47. The lowest BCUT2D eigenvalue weighted by atomic mass is 9.50. The van der Waals surface area contributed by atoms with Crippen molar-refractivity contribution in [2.75, 3.05) is 18.5 Å². The van der Waals surface area contributed by atoms with Gasteiger partial charge in [-0.05, 0) is 39.0 Å². The molecule has 2 bridgehead atoms. The van der Waals surface area contributed by atoms with Crippen LogP contribution in [0.3, 0.4) is 0 Å². The summed E-state index contributed by atoms with van der Waals surface area (Å²) in [6.07, 6.45) is -0.220. The molecule has 3 N–H and O–H groups in total. The number of alkyl carbamates (subject to hydrolysis) is 1. The van der Waals surface area contributed by atoms with E-state index in [-0.39, 0.29) is 47.8 Å². The Labute approximate surface area is 199 Å². The number of aromatic nitrogens is 4. The third-order valence-electron chi connectivity index (χ3n) is 6.62. The minimum atomic E-state index is -2.65. The highest BCUT2D eigenvalue weighted by molar-refractivity contribution is 6.02. The van der Waals surface area contributed by atoms with E-state index in [4.69, 9.17) is 14.2 Å². The van der Waals surface area contributed by atoms with Gasteiger partial charge >= 0.3 is 6.09 Å². The fourth-order valence-corrected chi connectivity index (χ4v) is 4.83. The van der Waals surface area contributed by atoms with Crippen LogP contribution in [0.1, 0.15) is 67.9 Å². The van der Waals surface area contributed by atoms with Crippen LogP contribution < -0.4 is 15.4 Å². The summed E-state index contributed by atoms with van der Waals surface area (Å²) in [5.41, 5.74) is 0.733. The number of hydrogen-bond donors (Lipinski definition) is 3. The third kappa shape index (κ3) is 4.95. The van der Waals surface area contributed by atoms with Crippen molar-refractivity contribution < 1.29 is 32.6 Å². The molecule has 4 fully saturated rings. The number of aromatic amines is 1. The molecule has 6 rings (SSSR count). The zero-order valence-corrected chi connectivity index (χ0v) is 19.4. The van der Waals surface area contributed by atoms with Gasteiger partial charge < -0.3 is 24.8 Å². The first-order valence-electron chi connectivity index (χ1n) is 11.7. The maximum atomic E-state index is 12.8. The Morgan fingerprint density at radius 3 is 2.74 bits per heavy atom. The molecular weight excluding hydrogens is 466 g/mol. The van der Waals surface area contributed by atoms with Crippen LogP contribution in [0.25, 0.3) is 0 Å². The van der Waals surface area contributed by atoms with E-state index in [0.29, 0.717) is 12.1 Å². The lowest BCUT2D eigenvalue weighted by Gasteiger charge is -2.61. The minimum Gasteiger partial charge on any atom is -0.471 e. The third-order valence-corrected chi connectivity index (χ3v) is 6.62. The van der Waals surface area contributed by atoms with Gasteiger partial charge in [0.1, 0.15) is 17.9 Å². The lowest BCUT2D eigenvalue weighted by Crippen LogP contribution is -2.68. The molecule has 2 atom stereocenters. The number of carbonyl (C=O) groups excluding carboxylic acids is 2. The maximum absolute atomic E-state index is 12.8. The van der Waals surface area contributed by atoms with Crippen molar-refractivity contribution in [1.29, 1.82) is 0 Å². The molecule has 3 heterocycles. The Balaban J connectivity index is 1.15. The van der Waals surface area contributed by atoms with E-state index in [0.717, 1.165) is 25.2 Å². The first kappa shape index (κ1) is 23.5. The molecule has 4 aliphatic rings. The van der Waals surface area contributed by atoms with Crippen LogP contribution in [-0.2, 0) is 9.47 Å². The highest BCUT2D eigenvalue weighted by Crippen LogP contribution is 2.56. The number of nitrogens with zero attached hydrogens (tertiary/aromatic N) is 3. The van der Waals surface area contributed by atoms with Crippen molar-refractivity contribution in [2.24, 2.45) is 5.92 Å². The zero-order chi connectivity index (χ0) is 24.7. The van der Waals surface area contributed by atoms with Crippen molar-refractivity contribution in [3.63, 3.8) is 0 Å². The van der Waals surface area contributed by atoms with Crippen LogP contribution in [0.5, 0.6) is 5.88 Å². The van der Waals surface area contributed by atoms with Crippen molar-refractivity contribution in [3.8, 4) is 5.88 Å². The van der Waals surface area contributed by atoms with Crippen molar-refractivity contribution >= 4 is 17.8 Å². The summed E-state index contributed by atoms with van der Waals surface area (Å²) in [7, 11) is 0. The predicted molar refractivity (Wildman–Crippen MR) is 117 cm³/mol. The van der Waals surface area contributed by atoms with Crippen LogP contribution in [-0.4, -0.2) is 63.3 Å². The second-order valence-electron chi connectivity index (χ2n) is 9.74. The van der Waals surface area contributed by atoms with E-state index < -0.39 is 25.0 Å². The van der Waals surface area contributed by atoms with Crippen LogP contribution in [0.15, 0.2) is 12.1 Å². The maximum Gasteiger partial charge on any atom is 0.407 e. The van der Waals surface area contributed by atoms with Gasteiger partial charge in [0.05, 0.1) is 12.3 Å². The highest BCUT2D eigenvalue weighted by atomic mass is 19.3. The van der Waals surface area contributed by atoms with E-state index >= 15 is 0 Å². The van der Waals surface area contributed by atoms with E-state index in [1.807, 2.05) is 0 Å². The first-order valence-corrected chi connectivity index (χ1v) is 11.7. The Kier molecular flexibility index (Phi) is 6.11. The SMILES string of the molecule is CC(C)n1nc(OCC(F)F)cc1C(=O)Nc1cc([C@H]2C[C@@H](OC(=O)NC34CC(C3)C4)CO2)[nH]n1. The van der Waals surface area contributed by atoms with Crippen molar-refractivity contribution in [3.05, 3.63) is 23.5 Å². The molecule has 190 valence electrons. The molecule has 2 amide bonds. The Morgan fingerprint density at radius 1 is 1.31 bits per heavy atom. The minimum absolute atomic E-state index is 0.0438. The van der Waals surface area contributed by atoms with E-state index in [1.165, 1.54) is 10.7 Å². The summed E-state index contributed by atoms with van der Waals surface area (Å²) in [6, 6.07) is 2.74. The molecule has 0 radical (unpaired) electrons. The number of hydrogen-bond acceptors (Lipinski definition) is 7. The van der Waals surface area contributed by atoms with Gasteiger partial charge in [0.25, 0.3) is 12.3 Å². The van der Waals surface area contributed by atoms with E-state index in [2.05, 4.69) is 25.9 Å². The van der Waals surface area contributed by atoms with Crippen molar-refractivity contribution in [2.45, 2.75) is 69.7 Å². The quantitative estimate of drug-likeness (QED) is 0.488. The average molecular weight is 494 g/mol. The molecule has 3 aliphatic carbocycles. The van der Waals surface area contributed by atoms with Gasteiger partial charge in [-0.15, -0.1) is 5.10 Å². The van der Waals surface area contributed by atoms with Crippen LogP contribution in [0.2, 0.25) is 0 Å². The number of ether oxygens (including phenoxy) is 3. The number of anilines is 1. The summed E-state index contributed by atoms with van der Waals surface area (Å²) in [6.45, 7) is 3.06. The molecule has 0 spiro atoms. The number of amides is 2. The van der Waals surface area contributed by atoms with Crippen LogP contribution in [0, 0.1) is 5.92 Å². The number of alkyl halides is 2. The number of H-pyrrole nitrogens is 1. The topological polar surface area (TPSA) is 132 Å². The molecule has 0 unspecified atom stereocenters. The Morgan fingerprint density at radius 2 is 2.09 bits per heavy atom. The molecule has 3 saturated carbocycles. The summed E-state index contributed by atoms with van der Waals surface area (Å²) in [4.78, 5) is 25.0. The Bertz CT molecular complexity index is 1090. The number of carbonyl (C=O) groups is 2. The van der Waals surface area contributed by atoms with Gasteiger partial charge in [-0.3, -0.25) is 14.6 Å². The lowest BCUT2D eigenvalue weighted by molar-refractivity contribution is -0.0510. The second-order valence-corrected chi connectivity index (χ2v) is 9.74. The molecular formula is C22H28F2N6O5. The fourth-order valence-electron chi connectivity index (χ4n) is 4.83. The summed E-state index contributed by atoms with van der Waals surface area (Å²) in [5.74, 6) is 0.438. The van der Waals surface area contributed by atoms with Gasteiger partial charge in [0.15, 0.2) is 12.4 Å². The van der Waals surface area contributed by atoms with Gasteiger partial charge in [-0.2, -0.15) is 5.10 Å². The number of rotatable bonds is 9. The van der Waals surface area contributed by atoms with Gasteiger partial charge in [0, 0.05) is 30.1 Å². The smallest absolute Gasteiger partial charge is 0.407 e. The summed E-state index contributed by atoms with van der Waals surface area (Å²) in [5, 5.41) is 16.7.